The summed E-state index contributed by atoms with van der Waals surface area (Å²) in [4.78, 5) is 4.99. The predicted octanol–water partition coefficient (Wildman–Crippen LogP) is 6.41. The molecule has 0 bridgehead atoms. The summed E-state index contributed by atoms with van der Waals surface area (Å²) < 4.78 is 0. The van der Waals surface area contributed by atoms with Gasteiger partial charge in [0, 0.05) is 11.6 Å². The molecule has 0 aromatic heterocycles. The summed E-state index contributed by atoms with van der Waals surface area (Å²) in [6, 6.07) is 10.7. The molecule has 130 valence electrons. The first-order chi connectivity index (χ1) is 11.2. The maximum atomic E-state index is 4.99. The van der Waals surface area contributed by atoms with Crippen LogP contribution in [0.3, 0.4) is 0 Å². The molecule has 1 saturated carbocycles. The smallest absolute Gasteiger partial charge is 0.0908 e. The molecule has 0 saturated heterocycles. The first kappa shape index (κ1) is 18.7. The summed E-state index contributed by atoms with van der Waals surface area (Å²) in [7, 11) is 0. The topological polar surface area (TPSA) is 12.4 Å². The lowest BCUT2D eigenvalue weighted by molar-refractivity contribution is 0.419. The van der Waals surface area contributed by atoms with E-state index in [1.165, 1.54) is 11.1 Å². The highest BCUT2D eigenvalue weighted by Gasteiger charge is 2.66. The number of aryl methyl sites for hydroxylation is 1. The van der Waals surface area contributed by atoms with Gasteiger partial charge in [-0.25, -0.2) is 0 Å². The zero-order valence-electron chi connectivity index (χ0n) is 16.2. The third-order valence-corrected chi connectivity index (χ3v) is 6.43. The number of aliphatic imine (C=N–C) groups is 1. The summed E-state index contributed by atoms with van der Waals surface area (Å²) in [6.45, 7) is 19.9. The summed E-state index contributed by atoms with van der Waals surface area (Å²) in [6.07, 6.45) is 6.29. The number of rotatable bonds is 8. The molecular formula is C23H33N. The van der Waals surface area contributed by atoms with E-state index >= 15 is 0 Å². The maximum absolute atomic E-state index is 4.99. The van der Waals surface area contributed by atoms with E-state index in [9.17, 15) is 0 Å². The normalized spacial score (nSPS) is 26.8. The lowest BCUT2D eigenvalue weighted by atomic mass is 9.80. The van der Waals surface area contributed by atoms with Gasteiger partial charge in [0.2, 0.25) is 0 Å². The first-order valence-electron chi connectivity index (χ1n) is 9.22. The molecule has 1 nitrogen and oxygen atoms in total. The number of allylic oxidation sites excluding steroid dienone is 1. The van der Waals surface area contributed by atoms with E-state index in [1.807, 2.05) is 6.21 Å². The molecule has 1 heteroatoms. The minimum absolute atomic E-state index is 0.0487. The molecule has 2 rings (SSSR count). The van der Waals surface area contributed by atoms with Crippen LogP contribution in [-0.2, 0) is 6.42 Å². The van der Waals surface area contributed by atoms with E-state index in [0.717, 1.165) is 31.3 Å². The second-order valence-electron chi connectivity index (χ2n) is 8.03. The Morgan fingerprint density at radius 2 is 1.79 bits per heavy atom. The van der Waals surface area contributed by atoms with Crippen LogP contribution in [0.5, 0.6) is 0 Å². The van der Waals surface area contributed by atoms with Crippen LogP contribution in [-0.4, -0.2) is 11.8 Å². The maximum Gasteiger partial charge on any atom is 0.0908 e. The second kappa shape index (κ2) is 6.70. The van der Waals surface area contributed by atoms with E-state index in [4.69, 9.17) is 4.99 Å². The molecule has 0 amide bonds. The van der Waals surface area contributed by atoms with Gasteiger partial charge in [-0.3, -0.25) is 4.99 Å². The van der Waals surface area contributed by atoms with Crippen molar-refractivity contribution in [2.24, 2.45) is 15.8 Å². The van der Waals surface area contributed by atoms with Crippen molar-refractivity contribution in [2.45, 2.75) is 65.8 Å². The van der Waals surface area contributed by atoms with Gasteiger partial charge in [-0.15, -0.1) is 0 Å². The Hall–Kier alpha value is -1.63. The van der Waals surface area contributed by atoms with Crippen LogP contribution < -0.4 is 0 Å². The van der Waals surface area contributed by atoms with E-state index in [0.29, 0.717) is 0 Å². The summed E-state index contributed by atoms with van der Waals surface area (Å²) in [5, 5.41) is 0. The first-order valence-corrected chi connectivity index (χ1v) is 9.22. The van der Waals surface area contributed by atoms with E-state index in [-0.39, 0.29) is 16.4 Å². The Labute approximate surface area is 148 Å². The quantitative estimate of drug-likeness (QED) is 0.387. The third-order valence-electron chi connectivity index (χ3n) is 6.43. The van der Waals surface area contributed by atoms with Gasteiger partial charge in [0.25, 0.3) is 0 Å². The molecule has 1 aliphatic carbocycles. The number of hydrogen-bond acceptors (Lipinski definition) is 1. The third kappa shape index (κ3) is 3.14. The van der Waals surface area contributed by atoms with E-state index < -0.39 is 0 Å². The van der Waals surface area contributed by atoms with Gasteiger partial charge in [-0.2, -0.15) is 0 Å². The monoisotopic (exact) mass is 323 g/mol. The summed E-state index contributed by atoms with van der Waals surface area (Å²) in [5.74, 6) is 0. The van der Waals surface area contributed by atoms with Crippen molar-refractivity contribution in [1.29, 1.82) is 0 Å². The van der Waals surface area contributed by atoms with Crippen LogP contribution in [0.1, 0.15) is 59.4 Å². The Morgan fingerprint density at radius 3 is 2.29 bits per heavy atom. The van der Waals surface area contributed by atoms with Crippen molar-refractivity contribution >= 4 is 6.21 Å². The fourth-order valence-corrected chi connectivity index (χ4v) is 3.77. The van der Waals surface area contributed by atoms with Gasteiger partial charge in [0.15, 0.2) is 0 Å². The van der Waals surface area contributed by atoms with Crippen LogP contribution in [0.4, 0.5) is 0 Å². The molecule has 2 unspecified atom stereocenters. The highest BCUT2D eigenvalue weighted by molar-refractivity contribution is 5.81. The molecule has 0 heterocycles. The Balaban J connectivity index is 2.04. The largest absolute Gasteiger partial charge is 0.281 e. The van der Waals surface area contributed by atoms with Crippen LogP contribution in [0.25, 0.3) is 0 Å². The van der Waals surface area contributed by atoms with Gasteiger partial charge in [0.1, 0.15) is 0 Å². The highest BCUT2D eigenvalue weighted by Crippen LogP contribution is 2.66. The zero-order valence-corrected chi connectivity index (χ0v) is 16.2. The SMILES string of the molecule is C=C(/C=N/C1(CC)C(=C)C1(C)CC)C(C)(C)CCc1ccccc1. The fourth-order valence-electron chi connectivity index (χ4n) is 3.77. The van der Waals surface area contributed by atoms with Crippen molar-refractivity contribution < 1.29 is 0 Å². The molecule has 0 aliphatic heterocycles. The molecule has 0 spiro atoms. The van der Waals surface area contributed by atoms with Gasteiger partial charge in [0.05, 0.1) is 5.54 Å². The molecule has 24 heavy (non-hydrogen) atoms. The van der Waals surface area contributed by atoms with Crippen molar-refractivity contribution in [2.75, 3.05) is 0 Å². The Kier molecular flexibility index (Phi) is 5.22. The average Bonchev–Trinajstić information content (AvgIpc) is 3.07. The predicted molar refractivity (Wildman–Crippen MR) is 107 cm³/mol. The standard InChI is InChI=1S/C23H33N/c1-8-22(7)19(4)23(22,9-2)24-17-18(3)21(5,6)16-15-20-13-11-10-12-14-20/h10-14,17H,3-4,8-9,15-16H2,1-2,5-7H3/b24-17+. The minimum atomic E-state index is -0.0692. The van der Waals surface area contributed by atoms with Crippen molar-refractivity contribution in [3.05, 3.63) is 60.2 Å². The van der Waals surface area contributed by atoms with E-state index in [2.05, 4.69) is 78.1 Å². The number of benzene rings is 1. The molecule has 2 atom stereocenters. The van der Waals surface area contributed by atoms with Crippen LogP contribution in [0.2, 0.25) is 0 Å². The van der Waals surface area contributed by atoms with Crippen molar-refractivity contribution in [1.82, 2.24) is 0 Å². The van der Waals surface area contributed by atoms with Crippen LogP contribution in [0.15, 0.2) is 59.6 Å². The minimum Gasteiger partial charge on any atom is -0.281 e. The molecule has 1 fully saturated rings. The lowest BCUT2D eigenvalue weighted by Gasteiger charge is -2.26. The van der Waals surface area contributed by atoms with Crippen molar-refractivity contribution in [3.63, 3.8) is 0 Å². The molecule has 1 aliphatic rings. The molecule has 0 radical (unpaired) electrons. The van der Waals surface area contributed by atoms with Gasteiger partial charge in [-0.05, 0) is 47.8 Å². The summed E-state index contributed by atoms with van der Waals surface area (Å²) in [5.41, 5.74) is 3.92. The second-order valence-corrected chi connectivity index (χ2v) is 8.03. The van der Waals surface area contributed by atoms with Gasteiger partial charge in [-0.1, -0.05) is 78.1 Å². The Morgan fingerprint density at radius 1 is 1.17 bits per heavy atom. The van der Waals surface area contributed by atoms with Crippen LogP contribution >= 0.6 is 0 Å². The Bertz CT molecular complexity index is 637. The molecular weight excluding hydrogens is 290 g/mol. The van der Waals surface area contributed by atoms with Crippen molar-refractivity contribution in [3.8, 4) is 0 Å². The van der Waals surface area contributed by atoms with E-state index in [1.54, 1.807) is 0 Å². The fraction of sp³-hybridized carbons (Fsp3) is 0.522. The number of hydrogen-bond donors (Lipinski definition) is 0. The van der Waals surface area contributed by atoms with Crippen LogP contribution in [0, 0.1) is 10.8 Å². The van der Waals surface area contributed by atoms with Gasteiger partial charge < -0.3 is 0 Å². The lowest BCUT2D eigenvalue weighted by Crippen LogP contribution is -2.19. The zero-order chi connectivity index (χ0) is 18.0. The number of nitrogens with zero attached hydrogens (tertiary/aromatic N) is 1. The average molecular weight is 324 g/mol. The summed E-state index contributed by atoms with van der Waals surface area (Å²) >= 11 is 0. The highest BCUT2D eigenvalue weighted by atomic mass is 15.0. The van der Waals surface area contributed by atoms with Gasteiger partial charge >= 0.3 is 0 Å². The molecule has 1 aromatic carbocycles. The molecule has 0 N–H and O–H groups in total. The molecule has 1 aromatic rings.